The van der Waals surface area contributed by atoms with E-state index in [1.807, 2.05) is 0 Å². The molecule has 1 nitrogen and oxygen atoms in total. The van der Waals surface area contributed by atoms with Crippen LogP contribution in [0.4, 0.5) is 0 Å². The molecule has 0 aliphatic carbocycles. The average molecular weight is 310 g/mol. The normalized spacial score (nSPS) is 10.8. The maximum absolute atomic E-state index is 5.64. The molecule has 72 valence electrons. The van der Waals surface area contributed by atoms with Crippen molar-refractivity contribution in [3.05, 3.63) is 33.4 Å². The van der Waals surface area contributed by atoms with E-state index in [2.05, 4.69) is 58.8 Å². The highest BCUT2D eigenvalue weighted by molar-refractivity contribution is 14.1. The van der Waals surface area contributed by atoms with Gasteiger partial charge < -0.3 is 4.90 Å². The Morgan fingerprint density at radius 3 is 2.46 bits per heavy atom. The Kier molecular flexibility index (Phi) is 5.06. The van der Waals surface area contributed by atoms with Gasteiger partial charge in [-0.05, 0) is 47.3 Å². The van der Waals surface area contributed by atoms with Crippen LogP contribution in [0.5, 0.6) is 0 Å². The maximum Gasteiger partial charge on any atom is 0.0351 e. The predicted molar refractivity (Wildman–Crippen MR) is 66.2 cm³/mol. The Bertz CT molecular complexity index is 248. The third-order valence-corrected chi connectivity index (χ3v) is 2.72. The Morgan fingerprint density at radius 1 is 1.31 bits per heavy atom. The van der Waals surface area contributed by atoms with Gasteiger partial charge in [0.2, 0.25) is 0 Å². The van der Waals surface area contributed by atoms with Gasteiger partial charge in [0.15, 0.2) is 0 Å². The fourth-order valence-electron chi connectivity index (χ4n) is 1.12. The van der Waals surface area contributed by atoms with Crippen LogP contribution in [0.15, 0.2) is 24.3 Å². The number of rotatable bonds is 4. The summed E-state index contributed by atoms with van der Waals surface area (Å²) in [5.41, 5.74) is 1.34. The maximum atomic E-state index is 5.64. The van der Waals surface area contributed by atoms with E-state index in [0.717, 1.165) is 13.1 Å². The second-order valence-corrected chi connectivity index (χ2v) is 4.68. The van der Waals surface area contributed by atoms with Gasteiger partial charge >= 0.3 is 0 Å². The first-order chi connectivity index (χ1) is 6.22. The van der Waals surface area contributed by atoms with Crippen LogP contribution >= 0.6 is 34.2 Å². The topological polar surface area (TPSA) is 3.24 Å². The van der Waals surface area contributed by atoms with E-state index in [0.29, 0.717) is 5.88 Å². The van der Waals surface area contributed by atoms with Crippen molar-refractivity contribution in [2.75, 3.05) is 19.5 Å². The Labute approximate surface area is 98.2 Å². The van der Waals surface area contributed by atoms with E-state index in [1.165, 1.54) is 9.13 Å². The zero-order valence-corrected chi connectivity index (χ0v) is 10.5. The van der Waals surface area contributed by atoms with Crippen LogP contribution in [-0.4, -0.2) is 24.4 Å². The molecule has 0 aromatic heterocycles. The Balaban J connectivity index is 2.49. The lowest BCUT2D eigenvalue weighted by Gasteiger charge is -2.14. The van der Waals surface area contributed by atoms with Crippen molar-refractivity contribution >= 4 is 34.2 Å². The van der Waals surface area contributed by atoms with Crippen molar-refractivity contribution in [3.63, 3.8) is 0 Å². The summed E-state index contributed by atoms with van der Waals surface area (Å²) in [5.74, 6) is 0.695. The molecule has 1 aromatic carbocycles. The lowest BCUT2D eigenvalue weighted by Crippen LogP contribution is -2.19. The molecule has 0 radical (unpaired) electrons. The van der Waals surface area contributed by atoms with Crippen molar-refractivity contribution < 1.29 is 0 Å². The predicted octanol–water partition coefficient (Wildman–Crippen LogP) is 2.96. The van der Waals surface area contributed by atoms with E-state index in [4.69, 9.17) is 11.6 Å². The summed E-state index contributed by atoms with van der Waals surface area (Å²) < 4.78 is 1.28. The van der Waals surface area contributed by atoms with Gasteiger partial charge in [-0.2, -0.15) is 0 Å². The lowest BCUT2D eigenvalue weighted by atomic mass is 10.2. The molecule has 0 bridgehead atoms. The summed E-state index contributed by atoms with van der Waals surface area (Å²) in [5, 5.41) is 0. The van der Waals surface area contributed by atoms with Crippen LogP contribution < -0.4 is 0 Å². The molecule has 0 N–H and O–H groups in total. The summed E-state index contributed by atoms with van der Waals surface area (Å²) in [6.45, 7) is 1.91. The largest absolute Gasteiger partial charge is 0.301 e. The number of hydrogen-bond acceptors (Lipinski definition) is 1. The number of hydrogen-bond donors (Lipinski definition) is 0. The highest BCUT2D eigenvalue weighted by atomic mass is 127. The van der Waals surface area contributed by atoms with Gasteiger partial charge in [0.25, 0.3) is 0 Å². The molecular formula is C10H13ClIN. The van der Waals surface area contributed by atoms with E-state index in [9.17, 15) is 0 Å². The Hall–Kier alpha value is 0.200. The zero-order chi connectivity index (χ0) is 9.68. The molecule has 1 rings (SSSR count). The van der Waals surface area contributed by atoms with Gasteiger partial charge in [0.1, 0.15) is 0 Å². The number of halogens is 2. The fourth-order valence-corrected chi connectivity index (χ4v) is 1.77. The van der Waals surface area contributed by atoms with Crippen molar-refractivity contribution in [3.8, 4) is 0 Å². The SMILES string of the molecule is CN(CCCl)Cc1ccc(I)cc1. The van der Waals surface area contributed by atoms with Gasteiger partial charge in [0.05, 0.1) is 0 Å². The molecule has 0 saturated heterocycles. The Morgan fingerprint density at radius 2 is 1.92 bits per heavy atom. The third-order valence-electron chi connectivity index (χ3n) is 1.83. The molecule has 0 atom stereocenters. The van der Waals surface area contributed by atoms with Gasteiger partial charge in [0, 0.05) is 22.5 Å². The van der Waals surface area contributed by atoms with Gasteiger partial charge in [-0.3, -0.25) is 0 Å². The average Bonchev–Trinajstić information content (AvgIpc) is 2.09. The second kappa shape index (κ2) is 5.83. The number of nitrogens with zero attached hydrogens (tertiary/aromatic N) is 1. The molecule has 0 aliphatic rings. The minimum atomic E-state index is 0.695. The molecule has 0 saturated carbocycles. The first-order valence-corrected chi connectivity index (χ1v) is 5.82. The summed E-state index contributed by atoms with van der Waals surface area (Å²) in [4.78, 5) is 2.22. The smallest absolute Gasteiger partial charge is 0.0351 e. The van der Waals surface area contributed by atoms with Crippen LogP contribution in [0.1, 0.15) is 5.56 Å². The monoisotopic (exact) mass is 309 g/mol. The van der Waals surface area contributed by atoms with E-state index in [1.54, 1.807) is 0 Å². The molecule has 3 heteroatoms. The van der Waals surface area contributed by atoms with E-state index in [-0.39, 0.29) is 0 Å². The summed E-state index contributed by atoms with van der Waals surface area (Å²) in [6.07, 6.45) is 0. The van der Waals surface area contributed by atoms with Crippen LogP contribution in [0.3, 0.4) is 0 Å². The fraction of sp³-hybridized carbons (Fsp3) is 0.400. The minimum absolute atomic E-state index is 0.695. The standard InChI is InChI=1S/C10H13ClIN/c1-13(7-6-11)8-9-2-4-10(12)5-3-9/h2-5H,6-8H2,1H3. The first kappa shape index (κ1) is 11.3. The molecule has 0 fully saturated rings. The minimum Gasteiger partial charge on any atom is -0.301 e. The summed E-state index contributed by atoms with van der Waals surface area (Å²) in [7, 11) is 2.08. The molecular weight excluding hydrogens is 296 g/mol. The van der Waals surface area contributed by atoms with Crippen LogP contribution in [-0.2, 0) is 6.54 Å². The summed E-state index contributed by atoms with van der Waals surface area (Å²) >= 11 is 7.96. The van der Waals surface area contributed by atoms with Crippen LogP contribution in [0, 0.1) is 3.57 Å². The van der Waals surface area contributed by atoms with Gasteiger partial charge in [-0.15, -0.1) is 11.6 Å². The molecule has 0 unspecified atom stereocenters. The molecule has 13 heavy (non-hydrogen) atoms. The number of alkyl halides is 1. The van der Waals surface area contributed by atoms with Crippen molar-refractivity contribution in [1.82, 2.24) is 4.90 Å². The van der Waals surface area contributed by atoms with Gasteiger partial charge in [-0.25, -0.2) is 0 Å². The van der Waals surface area contributed by atoms with Crippen LogP contribution in [0.25, 0.3) is 0 Å². The second-order valence-electron chi connectivity index (χ2n) is 3.05. The quantitative estimate of drug-likeness (QED) is 0.610. The molecule has 0 aliphatic heterocycles. The van der Waals surface area contributed by atoms with Crippen molar-refractivity contribution in [2.45, 2.75) is 6.54 Å². The molecule has 0 amide bonds. The highest BCUT2D eigenvalue weighted by Crippen LogP contribution is 2.08. The molecule has 0 heterocycles. The van der Waals surface area contributed by atoms with Crippen molar-refractivity contribution in [1.29, 1.82) is 0 Å². The van der Waals surface area contributed by atoms with E-state index < -0.39 is 0 Å². The van der Waals surface area contributed by atoms with Gasteiger partial charge in [-0.1, -0.05) is 12.1 Å². The molecule has 1 aromatic rings. The lowest BCUT2D eigenvalue weighted by molar-refractivity contribution is 0.348. The zero-order valence-electron chi connectivity index (χ0n) is 7.63. The summed E-state index contributed by atoms with van der Waals surface area (Å²) in [6, 6.07) is 8.58. The van der Waals surface area contributed by atoms with Crippen LogP contribution in [0.2, 0.25) is 0 Å². The van der Waals surface area contributed by atoms with E-state index >= 15 is 0 Å². The third kappa shape index (κ3) is 4.29. The van der Waals surface area contributed by atoms with Crippen molar-refractivity contribution in [2.24, 2.45) is 0 Å². The number of benzene rings is 1. The first-order valence-electron chi connectivity index (χ1n) is 4.21. The highest BCUT2D eigenvalue weighted by Gasteiger charge is 1.98. The molecule has 0 spiro atoms.